The van der Waals surface area contributed by atoms with Crippen molar-refractivity contribution in [3.05, 3.63) is 42.7 Å². The quantitative estimate of drug-likeness (QED) is 0.562. The fourth-order valence-corrected chi connectivity index (χ4v) is 3.30. The van der Waals surface area contributed by atoms with Crippen molar-refractivity contribution < 1.29 is 19.0 Å². The number of aromatic nitrogens is 3. The number of ether oxygens (including phenoxy) is 3. The lowest BCUT2D eigenvalue weighted by Crippen LogP contribution is -2.45. The maximum absolute atomic E-state index is 10.8. The van der Waals surface area contributed by atoms with Gasteiger partial charge in [-0.2, -0.15) is 0 Å². The van der Waals surface area contributed by atoms with E-state index in [-0.39, 0.29) is 6.10 Å². The summed E-state index contributed by atoms with van der Waals surface area (Å²) < 4.78 is 17.1. The molecule has 3 aromatic rings. The van der Waals surface area contributed by atoms with Crippen LogP contribution in [0, 0.1) is 0 Å². The summed E-state index contributed by atoms with van der Waals surface area (Å²) in [5.41, 5.74) is 2.91. The number of hydrogen-bond donors (Lipinski definition) is 0. The Kier molecular flexibility index (Phi) is 5.92. The van der Waals surface area contributed by atoms with Gasteiger partial charge in [-0.15, -0.1) is 0 Å². The van der Waals surface area contributed by atoms with Gasteiger partial charge in [-0.25, -0.2) is 9.97 Å². The molecule has 0 radical (unpaired) electrons. The summed E-state index contributed by atoms with van der Waals surface area (Å²) in [6.07, 6.45) is 4.03. The molecule has 0 N–H and O–H groups in total. The average molecular weight is 394 g/mol. The highest BCUT2D eigenvalue weighted by atomic mass is 16.5. The second kappa shape index (κ2) is 8.93. The fourth-order valence-electron chi connectivity index (χ4n) is 3.30. The lowest BCUT2D eigenvalue weighted by molar-refractivity contribution is -0.111. The first-order valence-corrected chi connectivity index (χ1v) is 9.43. The van der Waals surface area contributed by atoms with Gasteiger partial charge in [0.05, 0.1) is 31.5 Å². The Hall–Kier alpha value is -3.10. The number of pyridine rings is 1. The van der Waals surface area contributed by atoms with Gasteiger partial charge in [-0.3, -0.25) is 9.88 Å². The van der Waals surface area contributed by atoms with Crippen LogP contribution in [0.4, 0.5) is 0 Å². The Labute approximate surface area is 168 Å². The van der Waals surface area contributed by atoms with Gasteiger partial charge in [-0.05, 0) is 18.2 Å². The van der Waals surface area contributed by atoms with E-state index in [1.165, 1.54) is 0 Å². The smallest absolute Gasteiger partial charge is 0.242 e. The maximum atomic E-state index is 10.8. The zero-order chi connectivity index (χ0) is 20.1. The molecular weight excluding hydrogens is 372 g/mol. The van der Waals surface area contributed by atoms with E-state index in [2.05, 4.69) is 15.0 Å². The van der Waals surface area contributed by atoms with E-state index in [9.17, 15) is 4.79 Å². The van der Waals surface area contributed by atoms with Crippen LogP contribution in [0.2, 0.25) is 0 Å². The van der Waals surface area contributed by atoms with E-state index in [1.54, 1.807) is 19.5 Å². The Morgan fingerprint density at radius 1 is 1.28 bits per heavy atom. The average Bonchev–Trinajstić information content (AvgIpc) is 2.78. The SMILES string of the molecule is COc1cccc(-c2cc3nccnc3c(OC[C@@H]3CN(CC=O)CCO3)n2)c1. The second-order valence-electron chi connectivity index (χ2n) is 6.70. The van der Waals surface area contributed by atoms with E-state index in [1.807, 2.05) is 35.2 Å². The number of rotatable bonds is 7. The van der Waals surface area contributed by atoms with Gasteiger partial charge in [-0.1, -0.05) is 12.1 Å². The van der Waals surface area contributed by atoms with Crippen LogP contribution in [0.25, 0.3) is 22.3 Å². The maximum Gasteiger partial charge on any atom is 0.242 e. The molecule has 0 amide bonds. The molecule has 8 nitrogen and oxygen atoms in total. The zero-order valence-electron chi connectivity index (χ0n) is 16.2. The predicted octanol–water partition coefficient (Wildman–Crippen LogP) is 1.98. The van der Waals surface area contributed by atoms with Crippen molar-refractivity contribution in [2.24, 2.45) is 0 Å². The Morgan fingerprint density at radius 3 is 3.03 bits per heavy atom. The summed E-state index contributed by atoms with van der Waals surface area (Å²) in [6, 6.07) is 9.54. The molecule has 1 aromatic carbocycles. The molecule has 4 rings (SSSR count). The molecule has 1 aliphatic heterocycles. The summed E-state index contributed by atoms with van der Waals surface area (Å²) in [7, 11) is 1.63. The highest BCUT2D eigenvalue weighted by molar-refractivity contribution is 5.83. The molecule has 1 aliphatic rings. The number of benzene rings is 1. The molecule has 0 aliphatic carbocycles. The molecule has 0 saturated carbocycles. The van der Waals surface area contributed by atoms with E-state index >= 15 is 0 Å². The standard InChI is InChI=1S/C21H22N4O4/c1-27-16-4-2-3-15(11-16)18-12-19-20(23-6-5-22-19)21(24-18)29-14-17-13-25(7-9-26)8-10-28-17/h2-6,9,11-12,17H,7-8,10,13-14H2,1H3/t17-/m0/s1. The molecule has 150 valence electrons. The lowest BCUT2D eigenvalue weighted by Gasteiger charge is -2.31. The summed E-state index contributed by atoms with van der Waals surface area (Å²) >= 11 is 0. The van der Waals surface area contributed by atoms with Gasteiger partial charge < -0.3 is 19.0 Å². The summed E-state index contributed by atoms with van der Waals surface area (Å²) in [5.74, 6) is 1.15. The summed E-state index contributed by atoms with van der Waals surface area (Å²) in [5, 5.41) is 0. The summed E-state index contributed by atoms with van der Waals surface area (Å²) in [4.78, 5) is 26.3. The Morgan fingerprint density at radius 2 is 2.17 bits per heavy atom. The molecule has 1 saturated heterocycles. The topological polar surface area (TPSA) is 86.7 Å². The number of fused-ring (bicyclic) bond motifs is 1. The monoisotopic (exact) mass is 394 g/mol. The predicted molar refractivity (Wildman–Crippen MR) is 107 cm³/mol. The zero-order valence-corrected chi connectivity index (χ0v) is 16.2. The lowest BCUT2D eigenvalue weighted by atomic mass is 10.1. The van der Waals surface area contributed by atoms with Gasteiger partial charge >= 0.3 is 0 Å². The van der Waals surface area contributed by atoms with Gasteiger partial charge in [0.25, 0.3) is 0 Å². The minimum atomic E-state index is -0.141. The van der Waals surface area contributed by atoms with E-state index in [0.717, 1.165) is 29.8 Å². The fraction of sp³-hybridized carbons (Fsp3) is 0.333. The van der Waals surface area contributed by atoms with E-state index in [0.29, 0.717) is 43.2 Å². The highest BCUT2D eigenvalue weighted by Crippen LogP contribution is 2.29. The molecular formula is C21H22N4O4. The number of morpholine rings is 1. The highest BCUT2D eigenvalue weighted by Gasteiger charge is 2.22. The molecule has 0 unspecified atom stereocenters. The van der Waals surface area contributed by atoms with Crippen LogP contribution in [-0.2, 0) is 9.53 Å². The van der Waals surface area contributed by atoms with Crippen LogP contribution in [0.5, 0.6) is 11.6 Å². The number of methoxy groups -OCH3 is 1. The van der Waals surface area contributed by atoms with E-state index in [4.69, 9.17) is 14.2 Å². The molecule has 1 atom stereocenters. The molecule has 29 heavy (non-hydrogen) atoms. The van der Waals surface area contributed by atoms with Crippen LogP contribution in [-0.4, -0.2) is 72.2 Å². The number of carbonyl (C=O) groups is 1. The van der Waals surface area contributed by atoms with Crippen molar-refractivity contribution in [1.29, 1.82) is 0 Å². The van der Waals surface area contributed by atoms with Crippen LogP contribution >= 0.6 is 0 Å². The number of hydrogen-bond acceptors (Lipinski definition) is 8. The number of nitrogens with zero attached hydrogens (tertiary/aromatic N) is 4. The van der Waals surface area contributed by atoms with Gasteiger partial charge in [0.2, 0.25) is 5.88 Å². The largest absolute Gasteiger partial charge is 0.497 e. The first kappa shape index (κ1) is 19.2. The molecule has 0 bridgehead atoms. The van der Waals surface area contributed by atoms with Crippen molar-refractivity contribution in [2.75, 3.05) is 40.0 Å². The van der Waals surface area contributed by atoms with Gasteiger partial charge in [0, 0.05) is 31.0 Å². The van der Waals surface area contributed by atoms with Crippen molar-refractivity contribution in [3.63, 3.8) is 0 Å². The third-order valence-corrected chi connectivity index (χ3v) is 4.75. The number of aldehydes is 1. The van der Waals surface area contributed by atoms with Crippen molar-refractivity contribution >= 4 is 17.3 Å². The molecule has 3 heterocycles. The van der Waals surface area contributed by atoms with Crippen LogP contribution in [0.1, 0.15) is 0 Å². The second-order valence-corrected chi connectivity index (χ2v) is 6.70. The third kappa shape index (κ3) is 4.49. The minimum Gasteiger partial charge on any atom is -0.497 e. The Balaban J connectivity index is 1.60. The van der Waals surface area contributed by atoms with Crippen LogP contribution in [0.3, 0.4) is 0 Å². The first-order chi connectivity index (χ1) is 14.3. The normalized spacial score (nSPS) is 17.2. The molecule has 2 aromatic heterocycles. The summed E-state index contributed by atoms with van der Waals surface area (Å²) in [6.45, 7) is 2.66. The molecule has 0 spiro atoms. The molecule has 1 fully saturated rings. The van der Waals surface area contributed by atoms with Crippen molar-refractivity contribution in [3.8, 4) is 22.9 Å². The first-order valence-electron chi connectivity index (χ1n) is 9.43. The van der Waals surface area contributed by atoms with Gasteiger partial charge in [0.1, 0.15) is 24.7 Å². The van der Waals surface area contributed by atoms with Gasteiger partial charge in [0.15, 0.2) is 5.52 Å². The molecule has 8 heteroatoms. The minimum absolute atomic E-state index is 0.141. The van der Waals surface area contributed by atoms with Crippen molar-refractivity contribution in [1.82, 2.24) is 19.9 Å². The van der Waals surface area contributed by atoms with Crippen molar-refractivity contribution in [2.45, 2.75) is 6.10 Å². The Bertz CT molecular complexity index is 997. The number of carbonyl (C=O) groups excluding carboxylic acids is 1. The van der Waals surface area contributed by atoms with Crippen LogP contribution < -0.4 is 9.47 Å². The third-order valence-electron chi connectivity index (χ3n) is 4.75. The van der Waals surface area contributed by atoms with Crippen LogP contribution in [0.15, 0.2) is 42.7 Å². The van der Waals surface area contributed by atoms with E-state index < -0.39 is 0 Å².